The maximum absolute atomic E-state index is 14.2. The second-order valence-corrected chi connectivity index (χ2v) is 7.62. The Kier molecular flexibility index (Phi) is 4.96. The summed E-state index contributed by atoms with van der Waals surface area (Å²) in [7, 11) is -1.28. The number of hydrogen-bond acceptors (Lipinski definition) is 5. The van der Waals surface area contributed by atoms with Gasteiger partial charge >= 0.3 is 0 Å². The molecule has 1 unspecified atom stereocenters. The SMILES string of the molecule is COc1cc(F)c(S(=O)(=O)NCC2CCn3ccnc3C2)cc1OC. The molecule has 7 nitrogen and oxygen atoms in total. The summed E-state index contributed by atoms with van der Waals surface area (Å²) >= 11 is 0. The molecule has 136 valence electrons. The zero-order valence-electron chi connectivity index (χ0n) is 14.0. The maximum Gasteiger partial charge on any atom is 0.243 e. The first kappa shape index (κ1) is 17.7. The summed E-state index contributed by atoms with van der Waals surface area (Å²) in [4.78, 5) is 3.80. The van der Waals surface area contributed by atoms with Crippen molar-refractivity contribution in [3.8, 4) is 11.5 Å². The molecule has 0 radical (unpaired) electrons. The van der Waals surface area contributed by atoms with E-state index in [4.69, 9.17) is 9.47 Å². The lowest BCUT2D eigenvalue weighted by Gasteiger charge is -2.23. The number of rotatable bonds is 6. The average molecular weight is 369 g/mol. The van der Waals surface area contributed by atoms with Crippen molar-refractivity contribution >= 4 is 10.0 Å². The highest BCUT2D eigenvalue weighted by atomic mass is 32.2. The highest BCUT2D eigenvalue weighted by Gasteiger charge is 2.25. The summed E-state index contributed by atoms with van der Waals surface area (Å²) in [5, 5.41) is 0. The quantitative estimate of drug-likeness (QED) is 0.836. The molecule has 0 spiro atoms. The number of fused-ring (bicyclic) bond motifs is 1. The van der Waals surface area contributed by atoms with Crippen LogP contribution >= 0.6 is 0 Å². The molecule has 9 heteroatoms. The van der Waals surface area contributed by atoms with E-state index >= 15 is 0 Å². The fraction of sp³-hybridized carbons (Fsp3) is 0.438. The molecule has 0 aliphatic carbocycles. The van der Waals surface area contributed by atoms with Crippen LogP contribution in [-0.4, -0.2) is 38.7 Å². The van der Waals surface area contributed by atoms with Gasteiger partial charge in [0.2, 0.25) is 10.0 Å². The number of nitrogens with zero attached hydrogens (tertiary/aromatic N) is 2. The van der Waals surface area contributed by atoms with E-state index in [-0.39, 0.29) is 24.0 Å². The van der Waals surface area contributed by atoms with Gasteiger partial charge in [-0.15, -0.1) is 0 Å². The minimum Gasteiger partial charge on any atom is -0.493 e. The molecule has 0 bridgehead atoms. The minimum absolute atomic E-state index is 0.118. The molecular formula is C16H20FN3O4S. The fourth-order valence-corrected chi connectivity index (χ4v) is 4.12. The first-order chi connectivity index (χ1) is 11.9. The predicted octanol–water partition coefficient (Wildman–Crippen LogP) is 1.58. The van der Waals surface area contributed by atoms with Crippen LogP contribution in [0.3, 0.4) is 0 Å². The molecule has 0 saturated carbocycles. The Bertz CT molecular complexity index is 866. The van der Waals surface area contributed by atoms with Crippen LogP contribution in [0.5, 0.6) is 11.5 Å². The van der Waals surface area contributed by atoms with Crippen molar-refractivity contribution in [2.45, 2.75) is 24.3 Å². The van der Waals surface area contributed by atoms with Gasteiger partial charge < -0.3 is 14.0 Å². The summed E-state index contributed by atoms with van der Waals surface area (Å²) < 4.78 is 53.8. The summed E-state index contributed by atoms with van der Waals surface area (Å²) in [6.07, 6.45) is 5.17. The van der Waals surface area contributed by atoms with Crippen LogP contribution in [0.4, 0.5) is 4.39 Å². The Labute approximate surface area is 145 Å². The maximum atomic E-state index is 14.2. The van der Waals surface area contributed by atoms with E-state index in [0.29, 0.717) is 6.42 Å². The van der Waals surface area contributed by atoms with E-state index in [9.17, 15) is 12.8 Å². The summed E-state index contributed by atoms with van der Waals surface area (Å²) in [6.45, 7) is 1.02. The van der Waals surface area contributed by atoms with Crippen molar-refractivity contribution in [2.24, 2.45) is 5.92 Å². The van der Waals surface area contributed by atoms with E-state index in [2.05, 4.69) is 14.3 Å². The highest BCUT2D eigenvalue weighted by Crippen LogP contribution is 2.32. The molecule has 1 aliphatic heterocycles. The Hall–Kier alpha value is -2.13. The van der Waals surface area contributed by atoms with Crippen molar-refractivity contribution < 1.29 is 22.3 Å². The van der Waals surface area contributed by atoms with Crippen LogP contribution in [0.2, 0.25) is 0 Å². The van der Waals surface area contributed by atoms with Crippen molar-refractivity contribution in [1.29, 1.82) is 0 Å². The number of sulfonamides is 1. The van der Waals surface area contributed by atoms with Gasteiger partial charge in [-0.05, 0) is 12.3 Å². The molecule has 1 atom stereocenters. The van der Waals surface area contributed by atoms with Gasteiger partial charge in [0.15, 0.2) is 11.5 Å². The van der Waals surface area contributed by atoms with Crippen LogP contribution in [0, 0.1) is 11.7 Å². The Morgan fingerprint density at radius 3 is 2.76 bits per heavy atom. The third-order valence-corrected chi connectivity index (χ3v) is 5.78. The molecule has 1 aromatic heterocycles. The van der Waals surface area contributed by atoms with Gasteiger partial charge in [-0.1, -0.05) is 0 Å². The summed E-state index contributed by atoms with van der Waals surface area (Å²) in [6, 6.07) is 2.13. The van der Waals surface area contributed by atoms with Gasteiger partial charge in [-0.25, -0.2) is 22.5 Å². The molecule has 1 aliphatic rings. The second kappa shape index (κ2) is 7.01. The number of halogens is 1. The van der Waals surface area contributed by atoms with Crippen molar-refractivity contribution in [1.82, 2.24) is 14.3 Å². The number of methoxy groups -OCH3 is 2. The van der Waals surface area contributed by atoms with Gasteiger partial charge in [0.05, 0.1) is 14.2 Å². The molecule has 0 fully saturated rings. The second-order valence-electron chi connectivity index (χ2n) is 5.89. The van der Waals surface area contributed by atoms with Crippen LogP contribution in [-0.2, 0) is 23.0 Å². The summed E-state index contributed by atoms with van der Waals surface area (Å²) in [5.41, 5.74) is 0. The number of benzene rings is 1. The lowest BCUT2D eigenvalue weighted by Crippen LogP contribution is -2.33. The van der Waals surface area contributed by atoms with E-state index in [1.54, 1.807) is 6.20 Å². The molecule has 1 aromatic carbocycles. The normalized spacial score (nSPS) is 17.2. The molecule has 2 aromatic rings. The van der Waals surface area contributed by atoms with E-state index < -0.39 is 20.7 Å². The Morgan fingerprint density at radius 2 is 2.04 bits per heavy atom. The monoisotopic (exact) mass is 369 g/mol. The lowest BCUT2D eigenvalue weighted by atomic mass is 9.98. The van der Waals surface area contributed by atoms with E-state index in [1.165, 1.54) is 14.2 Å². The Balaban J connectivity index is 1.74. The van der Waals surface area contributed by atoms with Crippen molar-refractivity contribution in [3.63, 3.8) is 0 Å². The number of nitrogens with one attached hydrogen (secondary N) is 1. The van der Waals surface area contributed by atoms with Crippen LogP contribution in [0.15, 0.2) is 29.4 Å². The molecule has 1 N–H and O–H groups in total. The summed E-state index contributed by atoms with van der Waals surface area (Å²) in [5.74, 6) is 0.465. The van der Waals surface area contributed by atoms with Crippen LogP contribution < -0.4 is 14.2 Å². The van der Waals surface area contributed by atoms with E-state index in [1.807, 2.05) is 6.20 Å². The van der Waals surface area contributed by atoms with Crippen LogP contribution in [0.1, 0.15) is 12.2 Å². The zero-order chi connectivity index (χ0) is 18.0. The largest absolute Gasteiger partial charge is 0.493 e. The standard InChI is InChI=1S/C16H20FN3O4S/c1-23-13-8-12(17)15(9-14(13)24-2)25(21,22)19-10-11-3-5-20-6-4-18-16(20)7-11/h4,6,8-9,11,19H,3,5,7,10H2,1-2H3. The number of ether oxygens (including phenoxy) is 2. The number of aromatic nitrogens is 2. The lowest BCUT2D eigenvalue weighted by molar-refractivity contribution is 0.350. The van der Waals surface area contributed by atoms with Crippen molar-refractivity contribution in [3.05, 3.63) is 36.2 Å². The minimum atomic E-state index is -4.00. The van der Waals surface area contributed by atoms with Gasteiger partial charge in [-0.2, -0.15) is 0 Å². The molecule has 3 rings (SSSR count). The Morgan fingerprint density at radius 1 is 1.32 bits per heavy atom. The molecule has 0 amide bonds. The fourth-order valence-electron chi connectivity index (χ4n) is 2.94. The van der Waals surface area contributed by atoms with Gasteiger partial charge in [0.1, 0.15) is 16.5 Å². The number of imidazole rings is 1. The molecular weight excluding hydrogens is 349 g/mol. The smallest absolute Gasteiger partial charge is 0.243 e. The highest BCUT2D eigenvalue weighted by molar-refractivity contribution is 7.89. The first-order valence-corrected chi connectivity index (χ1v) is 9.34. The van der Waals surface area contributed by atoms with Crippen molar-refractivity contribution in [2.75, 3.05) is 20.8 Å². The predicted molar refractivity (Wildman–Crippen MR) is 88.7 cm³/mol. The molecule has 2 heterocycles. The number of hydrogen-bond donors (Lipinski definition) is 1. The number of aryl methyl sites for hydroxylation is 1. The average Bonchev–Trinajstić information content (AvgIpc) is 3.07. The van der Waals surface area contributed by atoms with Gasteiger partial charge in [0, 0.05) is 44.0 Å². The molecule has 25 heavy (non-hydrogen) atoms. The third-order valence-electron chi connectivity index (χ3n) is 4.34. The third kappa shape index (κ3) is 3.62. The first-order valence-electron chi connectivity index (χ1n) is 7.86. The van der Waals surface area contributed by atoms with Crippen LogP contribution in [0.25, 0.3) is 0 Å². The topological polar surface area (TPSA) is 82.5 Å². The molecule has 0 saturated heterocycles. The van der Waals surface area contributed by atoms with Gasteiger partial charge in [0.25, 0.3) is 0 Å². The zero-order valence-corrected chi connectivity index (χ0v) is 14.8. The van der Waals surface area contributed by atoms with Gasteiger partial charge in [-0.3, -0.25) is 0 Å². The van der Waals surface area contributed by atoms with E-state index in [0.717, 1.165) is 30.9 Å².